The van der Waals surface area contributed by atoms with E-state index in [0.717, 1.165) is 19.5 Å². The fourth-order valence-corrected chi connectivity index (χ4v) is 2.38. The second-order valence-corrected chi connectivity index (χ2v) is 7.89. The van der Waals surface area contributed by atoms with Crippen LogP contribution in [-0.4, -0.2) is 34.4 Å². The molecule has 0 amide bonds. The van der Waals surface area contributed by atoms with Crippen molar-refractivity contribution in [1.29, 1.82) is 0 Å². The van der Waals surface area contributed by atoms with Gasteiger partial charge in [-0.2, -0.15) is 0 Å². The van der Waals surface area contributed by atoms with E-state index < -0.39 is 9.84 Å². The first-order chi connectivity index (χ1) is 9.24. The lowest BCUT2D eigenvalue weighted by atomic mass is 9.95. The molecule has 0 aliphatic carbocycles. The van der Waals surface area contributed by atoms with E-state index in [-0.39, 0.29) is 10.3 Å². The van der Waals surface area contributed by atoms with Crippen LogP contribution in [0.4, 0.5) is 0 Å². The van der Waals surface area contributed by atoms with Crippen LogP contribution in [0.3, 0.4) is 0 Å². The molecule has 0 radical (unpaired) electrons. The molecule has 20 heavy (non-hydrogen) atoms. The summed E-state index contributed by atoms with van der Waals surface area (Å²) in [5, 5.41) is 3.37. The minimum atomic E-state index is -3.19. The maximum absolute atomic E-state index is 11.5. The van der Waals surface area contributed by atoms with Crippen molar-refractivity contribution >= 4 is 9.84 Å². The molecule has 0 aliphatic rings. The average molecular weight is 299 g/mol. The second-order valence-electron chi connectivity index (χ2n) is 5.88. The summed E-state index contributed by atoms with van der Waals surface area (Å²) < 4.78 is 28.7. The fourth-order valence-electron chi connectivity index (χ4n) is 1.73. The van der Waals surface area contributed by atoms with Gasteiger partial charge in [-0.1, -0.05) is 26.8 Å². The minimum Gasteiger partial charge on any atom is -0.493 e. The van der Waals surface area contributed by atoms with Gasteiger partial charge in [0.05, 0.1) is 11.5 Å². The molecular formula is C15H25NO3S. The summed E-state index contributed by atoms with van der Waals surface area (Å²) in [5.41, 5.74) is -0.00371. The maximum atomic E-state index is 11.5. The van der Waals surface area contributed by atoms with Gasteiger partial charge >= 0.3 is 0 Å². The van der Waals surface area contributed by atoms with Gasteiger partial charge in [-0.25, -0.2) is 8.42 Å². The third-order valence-electron chi connectivity index (χ3n) is 2.89. The van der Waals surface area contributed by atoms with Crippen molar-refractivity contribution in [2.75, 3.05) is 26.0 Å². The first-order valence-corrected chi connectivity index (χ1v) is 8.77. The van der Waals surface area contributed by atoms with Gasteiger partial charge < -0.3 is 10.1 Å². The van der Waals surface area contributed by atoms with E-state index in [2.05, 4.69) is 26.1 Å². The van der Waals surface area contributed by atoms with Gasteiger partial charge in [0, 0.05) is 18.2 Å². The van der Waals surface area contributed by atoms with Crippen LogP contribution in [0, 0.1) is 5.41 Å². The van der Waals surface area contributed by atoms with Gasteiger partial charge in [0.2, 0.25) is 0 Å². The van der Waals surface area contributed by atoms with Crippen LogP contribution in [0.25, 0.3) is 0 Å². The summed E-state index contributed by atoms with van der Waals surface area (Å²) in [4.78, 5) is 0.289. The van der Waals surface area contributed by atoms with Crippen molar-refractivity contribution in [3.8, 4) is 5.75 Å². The third kappa shape index (κ3) is 5.92. The molecule has 1 aromatic carbocycles. The molecule has 1 rings (SSSR count). The second kappa shape index (κ2) is 7.09. The van der Waals surface area contributed by atoms with Gasteiger partial charge in [-0.15, -0.1) is 0 Å². The summed E-state index contributed by atoms with van der Waals surface area (Å²) in [7, 11) is -3.19. The smallest absolute Gasteiger partial charge is 0.175 e. The molecule has 1 aromatic rings. The molecule has 0 fully saturated rings. The predicted octanol–water partition coefficient (Wildman–Crippen LogP) is 2.49. The minimum absolute atomic E-state index is 0.00371. The summed E-state index contributed by atoms with van der Waals surface area (Å²) in [6.45, 7) is 8.77. The summed E-state index contributed by atoms with van der Waals surface area (Å²) in [6.07, 6.45) is 2.30. The Labute approximate surface area is 122 Å². The standard InChI is InChI=1S/C15H25NO3S/c1-5-9-16-11-15(2,3)12-19-13-7-6-8-14(10-13)20(4,17)18/h6-8,10,16H,5,9,11-12H2,1-4H3. The van der Waals surface area contributed by atoms with Crippen LogP contribution < -0.4 is 10.1 Å². The van der Waals surface area contributed by atoms with Gasteiger partial charge in [0.25, 0.3) is 0 Å². The molecule has 0 saturated carbocycles. The predicted molar refractivity (Wildman–Crippen MR) is 82.0 cm³/mol. The Morgan fingerprint density at radius 1 is 1.30 bits per heavy atom. The Morgan fingerprint density at radius 3 is 2.60 bits per heavy atom. The van der Waals surface area contributed by atoms with Crippen molar-refractivity contribution in [2.45, 2.75) is 32.1 Å². The number of hydrogen-bond acceptors (Lipinski definition) is 4. The SMILES string of the molecule is CCCNCC(C)(C)COc1cccc(S(C)(=O)=O)c1. The lowest BCUT2D eigenvalue weighted by Gasteiger charge is -2.25. The van der Waals surface area contributed by atoms with Crippen LogP contribution in [0.1, 0.15) is 27.2 Å². The number of sulfone groups is 1. The number of benzene rings is 1. The van der Waals surface area contributed by atoms with E-state index in [9.17, 15) is 8.42 Å². The highest BCUT2D eigenvalue weighted by molar-refractivity contribution is 7.90. The Balaban J connectivity index is 2.61. The Kier molecular flexibility index (Phi) is 6.02. The lowest BCUT2D eigenvalue weighted by Crippen LogP contribution is -2.34. The normalized spacial score (nSPS) is 12.4. The molecule has 0 bridgehead atoms. The zero-order valence-electron chi connectivity index (χ0n) is 12.8. The maximum Gasteiger partial charge on any atom is 0.175 e. The Bertz CT molecular complexity index is 524. The van der Waals surface area contributed by atoms with E-state index in [0.29, 0.717) is 12.4 Å². The van der Waals surface area contributed by atoms with Crippen molar-refractivity contribution in [2.24, 2.45) is 5.41 Å². The molecule has 0 aromatic heterocycles. The third-order valence-corrected chi connectivity index (χ3v) is 4.00. The number of hydrogen-bond donors (Lipinski definition) is 1. The molecule has 0 atom stereocenters. The molecule has 0 aliphatic heterocycles. The zero-order chi connectivity index (χ0) is 15.2. The van der Waals surface area contributed by atoms with Gasteiger partial charge in [0.15, 0.2) is 9.84 Å². The molecule has 0 unspecified atom stereocenters. The molecular weight excluding hydrogens is 274 g/mol. The van der Waals surface area contributed by atoms with E-state index in [1.807, 2.05) is 0 Å². The van der Waals surface area contributed by atoms with E-state index in [1.54, 1.807) is 24.3 Å². The highest BCUT2D eigenvalue weighted by Gasteiger charge is 2.18. The summed E-state index contributed by atoms with van der Waals surface area (Å²) in [6, 6.07) is 6.64. The number of rotatable bonds is 8. The monoisotopic (exact) mass is 299 g/mol. The van der Waals surface area contributed by atoms with E-state index >= 15 is 0 Å². The van der Waals surface area contributed by atoms with Gasteiger partial charge in [-0.05, 0) is 31.2 Å². The van der Waals surface area contributed by atoms with Crippen LogP contribution >= 0.6 is 0 Å². The summed E-state index contributed by atoms with van der Waals surface area (Å²) >= 11 is 0. The lowest BCUT2D eigenvalue weighted by molar-refractivity contribution is 0.176. The van der Waals surface area contributed by atoms with Crippen LogP contribution in [-0.2, 0) is 9.84 Å². The summed E-state index contributed by atoms with van der Waals surface area (Å²) in [5.74, 6) is 0.594. The van der Waals surface area contributed by atoms with Crippen LogP contribution in [0.15, 0.2) is 29.2 Å². The quantitative estimate of drug-likeness (QED) is 0.749. The highest BCUT2D eigenvalue weighted by atomic mass is 32.2. The molecule has 114 valence electrons. The number of nitrogens with one attached hydrogen (secondary N) is 1. The van der Waals surface area contributed by atoms with Crippen LogP contribution in [0.2, 0.25) is 0 Å². The molecule has 1 N–H and O–H groups in total. The molecule has 4 nitrogen and oxygen atoms in total. The largest absolute Gasteiger partial charge is 0.493 e. The highest BCUT2D eigenvalue weighted by Crippen LogP contribution is 2.21. The number of ether oxygens (including phenoxy) is 1. The molecule has 0 saturated heterocycles. The average Bonchev–Trinajstić information content (AvgIpc) is 2.36. The van der Waals surface area contributed by atoms with Gasteiger partial charge in [-0.3, -0.25) is 0 Å². The molecule has 0 spiro atoms. The Morgan fingerprint density at radius 2 is 2.00 bits per heavy atom. The first-order valence-electron chi connectivity index (χ1n) is 6.88. The zero-order valence-corrected chi connectivity index (χ0v) is 13.6. The van der Waals surface area contributed by atoms with Crippen molar-refractivity contribution in [1.82, 2.24) is 5.32 Å². The first kappa shape index (κ1) is 17.0. The van der Waals surface area contributed by atoms with Crippen molar-refractivity contribution < 1.29 is 13.2 Å². The van der Waals surface area contributed by atoms with E-state index in [4.69, 9.17) is 4.74 Å². The molecule has 5 heteroatoms. The fraction of sp³-hybridized carbons (Fsp3) is 0.600. The van der Waals surface area contributed by atoms with Crippen molar-refractivity contribution in [3.63, 3.8) is 0 Å². The topological polar surface area (TPSA) is 55.4 Å². The van der Waals surface area contributed by atoms with Crippen LogP contribution in [0.5, 0.6) is 5.75 Å². The van der Waals surface area contributed by atoms with Crippen molar-refractivity contribution in [3.05, 3.63) is 24.3 Å². The Hall–Kier alpha value is -1.07. The molecule has 0 heterocycles. The van der Waals surface area contributed by atoms with Gasteiger partial charge in [0.1, 0.15) is 5.75 Å². The van der Waals surface area contributed by atoms with E-state index in [1.165, 1.54) is 6.26 Å².